The van der Waals surface area contributed by atoms with Crippen molar-refractivity contribution in [1.82, 2.24) is 5.32 Å². The predicted molar refractivity (Wildman–Crippen MR) is 68.2 cm³/mol. The largest absolute Gasteiger partial charge is 0.309 e. The molecule has 1 aliphatic carbocycles. The van der Waals surface area contributed by atoms with Crippen LogP contribution in [0.3, 0.4) is 0 Å². The highest BCUT2D eigenvalue weighted by Gasteiger charge is 2.44. The highest BCUT2D eigenvalue weighted by atomic mass is 79.9. The van der Waals surface area contributed by atoms with Gasteiger partial charge >= 0.3 is 0 Å². The molecular weight excluding hydrogens is 273 g/mol. The maximum atomic E-state index is 5.89. The maximum absolute atomic E-state index is 5.89. The zero-order chi connectivity index (χ0) is 11.1. The summed E-state index contributed by atoms with van der Waals surface area (Å²) in [5.41, 5.74) is 1.75. The molecule has 0 saturated heterocycles. The van der Waals surface area contributed by atoms with E-state index in [1.54, 1.807) is 0 Å². The Balaban J connectivity index is 1.94. The number of nitrogens with one attached hydrogen (secondary N) is 1. The molecule has 15 heavy (non-hydrogen) atoms. The third kappa shape index (κ3) is 2.74. The van der Waals surface area contributed by atoms with Gasteiger partial charge in [-0.3, -0.25) is 0 Å². The fourth-order valence-electron chi connectivity index (χ4n) is 1.71. The van der Waals surface area contributed by atoms with E-state index < -0.39 is 0 Å². The average Bonchev–Trinajstić information content (AvgIpc) is 2.73. The molecule has 0 aliphatic heterocycles. The first-order valence-electron chi connectivity index (χ1n) is 5.16. The van der Waals surface area contributed by atoms with Gasteiger partial charge in [-0.15, -0.1) is 0 Å². The lowest BCUT2D eigenvalue weighted by Gasteiger charge is -2.08. The summed E-state index contributed by atoms with van der Waals surface area (Å²) < 4.78 is 1.08. The molecule has 0 spiro atoms. The summed E-state index contributed by atoms with van der Waals surface area (Å²) in [6.45, 7) is 5.50. The predicted octanol–water partition coefficient (Wildman–Crippen LogP) is 3.99. The van der Waals surface area contributed by atoms with Crippen molar-refractivity contribution < 1.29 is 0 Å². The Labute approximate surface area is 104 Å². The molecule has 0 heterocycles. The Hall–Kier alpha value is -0.0500. The third-order valence-electron chi connectivity index (χ3n) is 3.07. The zero-order valence-electron chi connectivity index (χ0n) is 8.98. The van der Waals surface area contributed by atoms with Gasteiger partial charge in [-0.1, -0.05) is 47.4 Å². The fourth-order valence-corrected chi connectivity index (χ4v) is 2.54. The van der Waals surface area contributed by atoms with Gasteiger partial charge in [-0.25, -0.2) is 0 Å². The Morgan fingerprint density at radius 2 is 2.20 bits per heavy atom. The summed E-state index contributed by atoms with van der Waals surface area (Å²) >= 11 is 9.41. The van der Waals surface area contributed by atoms with E-state index in [0.717, 1.165) is 16.0 Å². The van der Waals surface area contributed by atoms with Crippen molar-refractivity contribution in [3.63, 3.8) is 0 Å². The topological polar surface area (TPSA) is 12.0 Å². The molecule has 1 saturated carbocycles. The van der Waals surface area contributed by atoms with Crippen molar-refractivity contribution >= 4 is 27.5 Å². The summed E-state index contributed by atoms with van der Waals surface area (Å²) in [4.78, 5) is 0. The van der Waals surface area contributed by atoms with Gasteiger partial charge < -0.3 is 5.32 Å². The smallest absolute Gasteiger partial charge is 0.0417 e. The van der Waals surface area contributed by atoms with Crippen LogP contribution >= 0.6 is 27.5 Å². The standard InChI is InChI=1S/C12H15BrClN/c1-12(2)6-11(12)15-7-8-3-4-9(14)5-10(8)13/h3-5,11,15H,6-7H2,1-2H3. The van der Waals surface area contributed by atoms with Gasteiger partial charge in [0.1, 0.15) is 0 Å². The molecule has 1 fully saturated rings. The molecule has 1 unspecified atom stereocenters. The minimum Gasteiger partial charge on any atom is -0.309 e. The maximum Gasteiger partial charge on any atom is 0.0417 e. The van der Waals surface area contributed by atoms with E-state index in [2.05, 4.69) is 41.2 Å². The molecule has 1 N–H and O–H groups in total. The Kier molecular flexibility index (Phi) is 3.11. The van der Waals surface area contributed by atoms with Crippen LogP contribution in [0.1, 0.15) is 25.8 Å². The number of rotatable bonds is 3. The second-order valence-corrected chi connectivity index (χ2v) is 6.15. The SMILES string of the molecule is CC1(C)CC1NCc1ccc(Cl)cc1Br. The lowest BCUT2D eigenvalue weighted by molar-refractivity contribution is 0.541. The van der Waals surface area contributed by atoms with Crippen molar-refractivity contribution in [2.75, 3.05) is 0 Å². The monoisotopic (exact) mass is 287 g/mol. The molecule has 2 rings (SSSR count). The molecule has 0 aromatic heterocycles. The van der Waals surface area contributed by atoms with Crippen molar-refractivity contribution in [1.29, 1.82) is 0 Å². The van der Waals surface area contributed by atoms with Gasteiger partial charge in [-0.2, -0.15) is 0 Å². The van der Waals surface area contributed by atoms with Crippen LogP contribution in [0.25, 0.3) is 0 Å². The molecule has 1 atom stereocenters. The number of benzene rings is 1. The van der Waals surface area contributed by atoms with Crippen molar-refractivity contribution in [2.24, 2.45) is 5.41 Å². The zero-order valence-corrected chi connectivity index (χ0v) is 11.3. The first-order chi connectivity index (χ1) is 6.99. The van der Waals surface area contributed by atoms with Crippen LogP contribution in [0.5, 0.6) is 0 Å². The van der Waals surface area contributed by atoms with Gasteiger partial charge in [0, 0.05) is 22.1 Å². The number of halogens is 2. The Morgan fingerprint density at radius 3 is 2.73 bits per heavy atom. The third-order valence-corrected chi connectivity index (χ3v) is 4.04. The van der Waals surface area contributed by atoms with E-state index in [-0.39, 0.29) is 0 Å². The molecule has 0 radical (unpaired) electrons. The molecule has 1 aromatic rings. The summed E-state index contributed by atoms with van der Waals surface area (Å²) in [5, 5.41) is 4.33. The van der Waals surface area contributed by atoms with E-state index in [4.69, 9.17) is 11.6 Å². The van der Waals surface area contributed by atoms with Crippen molar-refractivity contribution in [3.8, 4) is 0 Å². The van der Waals surface area contributed by atoms with Gasteiger partial charge in [0.25, 0.3) is 0 Å². The van der Waals surface area contributed by atoms with Crippen LogP contribution in [-0.2, 0) is 6.54 Å². The molecule has 1 aromatic carbocycles. The lowest BCUT2D eigenvalue weighted by atomic mass is 10.2. The van der Waals surface area contributed by atoms with Crippen molar-refractivity contribution in [2.45, 2.75) is 32.9 Å². The fraction of sp³-hybridized carbons (Fsp3) is 0.500. The Bertz CT molecular complexity index is 376. The average molecular weight is 289 g/mol. The normalized spacial score (nSPS) is 22.8. The van der Waals surface area contributed by atoms with Gasteiger partial charge in [0.05, 0.1) is 0 Å². The van der Waals surface area contributed by atoms with E-state index in [0.29, 0.717) is 11.5 Å². The minimum absolute atomic E-state index is 0.485. The van der Waals surface area contributed by atoms with Crippen LogP contribution in [0.4, 0.5) is 0 Å². The van der Waals surface area contributed by atoms with Crippen LogP contribution < -0.4 is 5.32 Å². The summed E-state index contributed by atoms with van der Waals surface area (Å²) in [6.07, 6.45) is 1.28. The second kappa shape index (κ2) is 4.08. The first kappa shape index (κ1) is 11.4. The second-order valence-electron chi connectivity index (χ2n) is 4.86. The number of hydrogen-bond donors (Lipinski definition) is 1. The molecule has 3 heteroatoms. The molecule has 1 nitrogen and oxygen atoms in total. The highest BCUT2D eigenvalue weighted by molar-refractivity contribution is 9.10. The van der Waals surface area contributed by atoms with Gasteiger partial charge in [-0.05, 0) is 29.5 Å². The van der Waals surface area contributed by atoms with Crippen LogP contribution in [-0.4, -0.2) is 6.04 Å². The van der Waals surface area contributed by atoms with Crippen LogP contribution in [0, 0.1) is 5.41 Å². The van der Waals surface area contributed by atoms with Gasteiger partial charge in [0.2, 0.25) is 0 Å². The Morgan fingerprint density at radius 1 is 1.53 bits per heavy atom. The van der Waals surface area contributed by atoms with E-state index >= 15 is 0 Å². The molecule has 1 aliphatic rings. The molecular formula is C12H15BrClN. The summed E-state index contributed by atoms with van der Waals surface area (Å²) in [6, 6.07) is 6.60. The highest BCUT2D eigenvalue weighted by Crippen LogP contribution is 2.44. The summed E-state index contributed by atoms with van der Waals surface area (Å²) in [5.74, 6) is 0. The first-order valence-corrected chi connectivity index (χ1v) is 6.33. The van der Waals surface area contributed by atoms with Crippen LogP contribution in [0.2, 0.25) is 5.02 Å². The quantitative estimate of drug-likeness (QED) is 0.887. The number of hydrogen-bond acceptors (Lipinski definition) is 1. The molecule has 0 amide bonds. The molecule has 82 valence electrons. The van der Waals surface area contributed by atoms with E-state index in [9.17, 15) is 0 Å². The minimum atomic E-state index is 0.485. The van der Waals surface area contributed by atoms with Gasteiger partial charge in [0.15, 0.2) is 0 Å². The molecule has 0 bridgehead atoms. The summed E-state index contributed by atoms with van der Waals surface area (Å²) in [7, 11) is 0. The van der Waals surface area contributed by atoms with Crippen LogP contribution in [0.15, 0.2) is 22.7 Å². The van der Waals surface area contributed by atoms with E-state index in [1.807, 2.05) is 12.1 Å². The lowest BCUT2D eigenvalue weighted by Crippen LogP contribution is -2.20. The van der Waals surface area contributed by atoms with Crippen molar-refractivity contribution in [3.05, 3.63) is 33.3 Å². The van der Waals surface area contributed by atoms with E-state index in [1.165, 1.54) is 12.0 Å².